The maximum Gasteiger partial charge on any atom is 0.252 e. The average Bonchev–Trinajstić information content (AvgIpc) is 2.93. The van der Waals surface area contributed by atoms with Crippen LogP contribution in [0.15, 0.2) is 35.7 Å². The summed E-state index contributed by atoms with van der Waals surface area (Å²) < 4.78 is 0. The highest BCUT2D eigenvalue weighted by molar-refractivity contribution is 7.10. The fourth-order valence-corrected chi connectivity index (χ4v) is 2.52. The smallest absolute Gasteiger partial charge is 0.252 e. The Morgan fingerprint density at radius 3 is 2.95 bits per heavy atom. The summed E-state index contributed by atoms with van der Waals surface area (Å²) in [5.74, 6) is 5.15. The SMILES string of the molecule is O=C(NCc1ccccc1Cl)c1csc(C#CCO)c1. The van der Waals surface area contributed by atoms with E-state index >= 15 is 0 Å². The lowest BCUT2D eigenvalue weighted by Crippen LogP contribution is -2.22. The van der Waals surface area contributed by atoms with Gasteiger partial charge in [0.25, 0.3) is 5.91 Å². The quantitative estimate of drug-likeness (QED) is 0.857. The number of aliphatic hydroxyl groups is 1. The van der Waals surface area contributed by atoms with E-state index in [-0.39, 0.29) is 12.5 Å². The Morgan fingerprint density at radius 2 is 2.20 bits per heavy atom. The molecule has 0 bridgehead atoms. The number of thiophene rings is 1. The first-order chi connectivity index (χ1) is 9.70. The molecule has 0 saturated carbocycles. The van der Waals surface area contributed by atoms with Crippen molar-refractivity contribution in [3.05, 3.63) is 56.7 Å². The van der Waals surface area contributed by atoms with Crippen LogP contribution in [0, 0.1) is 11.8 Å². The minimum Gasteiger partial charge on any atom is -0.384 e. The van der Waals surface area contributed by atoms with Crippen LogP contribution in [0.25, 0.3) is 0 Å². The number of carbonyl (C=O) groups is 1. The molecule has 1 aromatic heterocycles. The number of carbonyl (C=O) groups excluding carboxylic acids is 1. The van der Waals surface area contributed by atoms with Crippen LogP contribution in [0.1, 0.15) is 20.8 Å². The highest BCUT2D eigenvalue weighted by atomic mass is 35.5. The Morgan fingerprint density at radius 1 is 1.40 bits per heavy atom. The molecule has 0 atom stereocenters. The highest BCUT2D eigenvalue weighted by Gasteiger charge is 2.08. The standard InChI is InChI=1S/C15H12ClNO2S/c16-14-6-2-1-4-11(14)9-17-15(19)12-8-13(20-10-12)5-3-7-18/h1-2,4,6,8,10,18H,7,9H2,(H,17,19). The molecule has 0 spiro atoms. The van der Waals surface area contributed by atoms with E-state index in [1.807, 2.05) is 18.2 Å². The Bertz CT molecular complexity index is 670. The van der Waals surface area contributed by atoms with Crippen LogP contribution in [-0.4, -0.2) is 17.6 Å². The lowest BCUT2D eigenvalue weighted by atomic mass is 10.2. The number of hydrogen-bond donors (Lipinski definition) is 2. The Labute approximate surface area is 126 Å². The minimum atomic E-state index is -0.189. The van der Waals surface area contributed by atoms with Crippen molar-refractivity contribution in [2.45, 2.75) is 6.54 Å². The van der Waals surface area contributed by atoms with Crippen molar-refractivity contribution < 1.29 is 9.90 Å². The molecule has 2 aromatic rings. The van der Waals surface area contributed by atoms with Crippen LogP contribution in [0.2, 0.25) is 5.02 Å². The van der Waals surface area contributed by atoms with E-state index in [1.165, 1.54) is 11.3 Å². The van der Waals surface area contributed by atoms with Crippen LogP contribution in [-0.2, 0) is 6.54 Å². The van der Waals surface area contributed by atoms with Crippen molar-refractivity contribution in [3.63, 3.8) is 0 Å². The van der Waals surface area contributed by atoms with Crippen molar-refractivity contribution in [1.29, 1.82) is 0 Å². The van der Waals surface area contributed by atoms with E-state index in [0.717, 1.165) is 10.4 Å². The molecule has 3 nitrogen and oxygen atoms in total. The number of aliphatic hydroxyl groups excluding tert-OH is 1. The van der Waals surface area contributed by atoms with Crippen molar-refractivity contribution in [3.8, 4) is 11.8 Å². The fraction of sp³-hybridized carbons (Fsp3) is 0.133. The zero-order chi connectivity index (χ0) is 14.4. The summed E-state index contributed by atoms with van der Waals surface area (Å²) >= 11 is 7.39. The van der Waals surface area contributed by atoms with Gasteiger partial charge in [0.1, 0.15) is 6.61 Å². The van der Waals surface area contributed by atoms with Crippen LogP contribution < -0.4 is 5.32 Å². The molecule has 1 amide bonds. The molecule has 0 saturated heterocycles. The molecule has 0 unspecified atom stereocenters. The monoisotopic (exact) mass is 305 g/mol. The van der Waals surface area contributed by atoms with Gasteiger partial charge in [-0.05, 0) is 17.7 Å². The van der Waals surface area contributed by atoms with Gasteiger partial charge >= 0.3 is 0 Å². The second-order valence-corrected chi connectivity index (χ2v) is 5.25. The van der Waals surface area contributed by atoms with Crippen molar-refractivity contribution in [1.82, 2.24) is 5.32 Å². The molecule has 1 aromatic carbocycles. The second kappa shape index (κ2) is 7.11. The Balaban J connectivity index is 1.98. The number of rotatable bonds is 3. The number of hydrogen-bond acceptors (Lipinski definition) is 3. The molecule has 0 aliphatic rings. The van der Waals surface area contributed by atoms with Gasteiger partial charge in [0.15, 0.2) is 0 Å². The summed E-state index contributed by atoms with van der Waals surface area (Å²) in [6, 6.07) is 9.08. The Kier molecular flexibility index (Phi) is 5.19. The Hall–Kier alpha value is -1.80. The normalized spacial score (nSPS) is 9.70. The van der Waals surface area contributed by atoms with Crippen molar-refractivity contribution >= 4 is 28.8 Å². The molecule has 0 fully saturated rings. The van der Waals surface area contributed by atoms with E-state index < -0.39 is 0 Å². The number of benzene rings is 1. The summed E-state index contributed by atoms with van der Waals surface area (Å²) in [4.78, 5) is 12.7. The summed E-state index contributed by atoms with van der Waals surface area (Å²) in [6.45, 7) is 0.192. The second-order valence-electron chi connectivity index (χ2n) is 3.93. The summed E-state index contributed by atoms with van der Waals surface area (Å²) in [5, 5.41) is 13.8. The van der Waals surface area contributed by atoms with Crippen LogP contribution in [0.4, 0.5) is 0 Å². The van der Waals surface area contributed by atoms with Crippen molar-refractivity contribution in [2.75, 3.05) is 6.61 Å². The minimum absolute atomic E-state index is 0.168. The average molecular weight is 306 g/mol. The molecule has 1 heterocycles. The fourth-order valence-electron chi connectivity index (χ4n) is 1.57. The molecule has 5 heteroatoms. The van der Waals surface area contributed by atoms with Gasteiger partial charge in [-0.25, -0.2) is 0 Å². The van der Waals surface area contributed by atoms with Gasteiger partial charge in [0.05, 0.1) is 10.4 Å². The zero-order valence-electron chi connectivity index (χ0n) is 10.5. The number of halogens is 1. The molecular weight excluding hydrogens is 294 g/mol. The molecule has 0 radical (unpaired) electrons. The summed E-state index contributed by atoms with van der Waals surface area (Å²) in [6.07, 6.45) is 0. The summed E-state index contributed by atoms with van der Waals surface area (Å²) in [5.41, 5.74) is 1.43. The first kappa shape index (κ1) is 14.6. The molecule has 20 heavy (non-hydrogen) atoms. The van der Waals surface area contributed by atoms with Crippen LogP contribution >= 0.6 is 22.9 Å². The summed E-state index contributed by atoms with van der Waals surface area (Å²) in [7, 11) is 0. The van der Waals surface area contributed by atoms with E-state index in [9.17, 15) is 4.79 Å². The highest BCUT2D eigenvalue weighted by Crippen LogP contribution is 2.16. The predicted octanol–water partition coefficient (Wildman–Crippen LogP) is 2.68. The lowest BCUT2D eigenvalue weighted by molar-refractivity contribution is 0.0951. The zero-order valence-corrected chi connectivity index (χ0v) is 12.1. The molecule has 2 N–H and O–H groups in total. The molecular formula is C15H12ClNO2S. The van der Waals surface area contributed by atoms with Gasteiger partial charge in [0, 0.05) is 16.9 Å². The first-order valence-corrected chi connectivity index (χ1v) is 7.16. The van der Waals surface area contributed by atoms with E-state index in [2.05, 4.69) is 17.2 Å². The maximum absolute atomic E-state index is 12.0. The molecule has 102 valence electrons. The first-order valence-electron chi connectivity index (χ1n) is 5.90. The molecule has 0 aliphatic carbocycles. The van der Waals surface area contributed by atoms with E-state index in [4.69, 9.17) is 16.7 Å². The third kappa shape index (κ3) is 3.84. The number of amides is 1. The molecule has 2 rings (SSSR count). The van der Waals surface area contributed by atoms with E-state index in [1.54, 1.807) is 17.5 Å². The van der Waals surface area contributed by atoms with Gasteiger partial charge < -0.3 is 10.4 Å². The number of nitrogens with one attached hydrogen (secondary N) is 1. The molecule has 0 aliphatic heterocycles. The van der Waals surface area contributed by atoms with Gasteiger partial charge in [0.2, 0.25) is 0 Å². The van der Waals surface area contributed by atoms with Gasteiger partial charge in [-0.15, -0.1) is 11.3 Å². The topological polar surface area (TPSA) is 49.3 Å². The van der Waals surface area contributed by atoms with Crippen LogP contribution in [0.5, 0.6) is 0 Å². The largest absolute Gasteiger partial charge is 0.384 e. The van der Waals surface area contributed by atoms with E-state index in [0.29, 0.717) is 17.1 Å². The third-order valence-electron chi connectivity index (χ3n) is 2.55. The van der Waals surface area contributed by atoms with Gasteiger partial charge in [-0.1, -0.05) is 41.6 Å². The van der Waals surface area contributed by atoms with Crippen molar-refractivity contribution in [2.24, 2.45) is 0 Å². The van der Waals surface area contributed by atoms with Gasteiger partial charge in [-0.3, -0.25) is 4.79 Å². The lowest BCUT2D eigenvalue weighted by Gasteiger charge is -2.05. The maximum atomic E-state index is 12.0. The predicted molar refractivity (Wildman–Crippen MR) is 80.9 cm³/mol. The van der Waals surface area contributed by atoms with Crippen LogP contribution in [0.3, 0.4) is 0 Å². The van der Waals surface area contributed by atoms with Gasteiger partial charge in [-0.2, -0.15) is 0 Å². The third-order valence-corrected chi connectivity index (χ3v) is 3.76.